The molecule has 3 rings (SSSR count). The van der Waals surface area contributed by atoms with Gasteiger partial charge in [0.2, 0.25) is 0 Å². The minimum atomic E-state index is -0.270. The Kier molecular flexibility index (Phi) is 4.43. The third-order valence-corrected chi connectivity index (χ3v) is 4.06. The summed E-state index contributed by atoms with van der Waals surface area (Å²) >= 11 is 0. The fraction of sp³-hybridized carbons (Fsp3) is 0.300. The lowest BCUT2D eigenvalue weighted by Crippen LogP contribution is -2.15. The van der Waals surface area contributed by atoms with Gasteiger partial charge in [-0.05, 0) is 30.2 Å². The quantitative estimate of drug-likeness (QED) is 0.662. The van der Waals surface area contributed by atoms with Crippen molar-refractivity contribution < 1.29 is 4.74 Å². The molecule has 0 aliphatic carbocycles. The van der Waals surface area contributed by atoms with E-state index in [0.717, 1.165) is 18.6 Å². The predicted molar refractivity (Wildman–Crippen MR) is 92.4 cm³/mol. The first-order valence-corrected chi connectivity index (χ1v) is 7.88. The van der Waals surface area contributed by atoms with E-state index < -0.39 is 0 Å². The number of ether oxygens (including phenoxy) is 1. The number of benzene rings is 2. The molecule has 1 aliphatic rings. The van der Waals surface area contributed by atoms with Crippen LogP contribution in [0.4, 0.5) is 0 Å². The molecule has 0 saturated carbocycles. The maximum Gasteiger partial charge on any atom is 0.195 e. The highest BCUT2D eigenvalue weighted by atomic mass is 16.5. The Morgan fingerprint density at radius 2 is 1.57 bits per heavy atom. The van der Waals surface area contributed by atoms with Gasteiger partial charge in [-0.15, -0.1) is 12.3 Å². The van der Waals surface area contributed by atoms with Crippen LogP contribution >= 0.6 is 0 Å². The molecule has 3 nitrogen and oxygen atoms in total. The molecule has 1 heterocycles. The molecule has 0 N–H and O–H groups in total. The van der Waals surface area contributed by atoms with Crippen LogP contribution in [0.15, 0.2) is 58.8 Å². The second-order valence-electron chi connectivity index (χ2n) is 5.88. The summed E-state index contributed by atoms with van der Waals surface area (Å²) in [6.45, 7) is 2.69. The van der Waals surface area contributed by atoms with Gasteiger partial charge in [-0.2, -0.15) is 10.2 Å². The minimum absolute atomic E-state index is 0.270. The Morgan fingerprint density at radius 1 is 0.957 bits per heavy atom. The van der Waals surface area contributed by atoms with E-state index in [9.17, 15) is 0 Å². The lowest BCUT2D eigenvalue weighted by molar-refractivity contribution is 0.283. The van der Waals surface area contributed by atoms with Crippen molar-refractivity contribution in [3.63, 3.8) is 0 Å². The van der Waals surface area contributed by atoms with Crippen molar-refractivity contribution in [2.45, 2.75) is 31.8 Å². The second kappa shape index (κ2) is 6.66. The summed E-state index contributed by atoms with van der Waals surface area (Å²) in [5.41, 5.74) is 3.40. The SMILES string of the molecule is C#CCCC1(CCOc2ccc(-c3ccc(C)cc3)cc2)N=N1. The smallest absolute Gasteiger partial charge is 0.195 e. The molecular weight excluding hydrogens is 284 g/mol. The van der Waals surface area contributed by atoms with Crippen molar-refractivity contribution in [3.05, 3.63) is 54.1 Å². The largest absolute Gasteiger partial charge is 0.493 e. The van der Waals surface area contributed by atoms with Crippen molar-refractivity contribution in [3.8, 4) is 29.2 Å². The van der Waals surface area contributed by atoms with Crippen LogP contribution in [0.3, 0.4) is 0 Å². The number of nitrogens with zero attached hydrogens (tertiary/aromatic N) is 2. The summed E-state index contributed by atoms with van der Waals surface area (Å²) in [5, 5.41) is 8.23. The summed E-state index contributed by atoms with van der Waals surface area (Å²) in [6, 6.07) is 16.7. The zero-order valence-electron chi connectivity index (χ0n) is 13.3. The van der Waals surface area contributed by atoms with Crippen LogP contribution in [0.2, 0.25) is 0 Å². The molecular formula is C20H20N2O. The monoisotopic (exact) mass is 304 g/mol. The first-order chi connectivity index (χ1) is 11.2. The Balaban J connectivity index is 1.52. The third-order valence-electron chi connectivity index (χ3n) is 4.06. The molecule has 0 fully saturated rings. The van der Waals surface area contributed by atoms with Crippen LogP contribution in [-0.4, -0.2) is 12.3 Å². The number of hydrogen-bond donors (Lipinski definition) is 0. The maximum atomic E-state index is 5.80. The van der Waals surface area contributed by atoms with E-state index >= 15 is 0 Å². The average Bonchev–Trinajstić information content (AvgIpc) is 3.35. The van der Waals surface area contributed by atoms with Gasteiger partial charge < -0.3 is 4.74 Å². The molecule has 2 aromatic rings. The van der Waals surface area contributed by atoms with E-state index in [0.29, 0.717) is 13.0 Å². The van der Waals surface area contributed by atoms with Gasteiger partial charge in [0.1, 0.15) is 5.75 Å². The van der Waals surface area contributed by atoms with Crippen LogP contribution < -0.4 is 4.74 Å². The van der Waals surface area contributed by atoms with Crippen molar-refractivity contribution in [1.29, 1.82) is 0 Å². The fourth-order valence-electron chi connectivity index (χ4n) is 2.49. The molecule has 23 heavy (non-hydrogen) atoms. The van der Waals surface area contributed by atoms with Gasteiger partial charge in [-0.25, -0.2) is 0 Å². The van der Waals surface area contributed by atoms with Crippen LogP contribution in [0.25, 0.3) is 11.1 Å². The Hall–Kier alpha value is -2.60. The van der Waals surface area contributed by atoms with Crippen molar-refractivity contribution in [1.82, 2.24) is 0 Å². The molecule has 0 bridgehead atoms. The minimum Gasteiger partial charge on any atom is -0.493 e. The lowest BCUT2D eigenvalue weighted by Gasteiger charge is -2.11. The Morgan fingerprint density at radius 3 is 2.13 bits per heavy atom. The van der Waals surface area contributed by atoms with E-state index in [1.54, 1.807) is 0 Å². The lowest BCUT2D eigenvalue weighted by atomic mass is 10.0. The average molecular weight is 304 g/mol. The molecule has 2 aromatic carbocycles. The topological polar surface area (TPSA) is 34.0 Å². The van der Waals surface area contributed by atoms with Crippen LogP contribution in [0.1, 0.15) is 24.8 Å². The number of rotatable bonds is 7. The maximum absolute atomic E-state index is 5.80. The van der Waals surface area contributed by atoms with Gasteiger partial charge in [0.05, 0.1) is 6.61 Å². The molecule has 0 saturated heterocycles. The van der Waals surface area contributed by atoms with Gasteiger partial charge in [0.15, 0.2) is 5.66 Å². The molecule has 0 atom stereocenters. The summed E-state index contributed by atoms with van der Waals surface area (Å²) in [7, 11) is 0. The first kappa shape index (κ1) is 15.3. The highest BCUT2D eigenvalue weighted by molar-refractivity contribution is 5.64. The van der Waals surface area contributed by atoms with E-state index in [4.69, 9.17) is 11.2 Å². The summed E-state index contributed by atoms with van der Waals surface area (Å²) in [4.78, 5) is 0. The highest BCUT2D eigenvalue weighted by Gasteiger charge is 2.38. The normalized spacial score (nSPS) is 14.3. The number of hydrogen-bond acceptors (Lipinski definition) is 3. The number of aryl methyl sites for hydroxylation is 1. The van der Waals surface area contributed by atoms with Gasteiger partial charge in [0, 0.05) is 19.3 Å². The molecule has 0 radical (unpaired) electrons. The molecule has 0 spiro atoms. The Bertz CT molecular complexity index is 718. The zero-order valence-corrected chi connectivity index (χ0v) is 13.3. The summed E-state index contributed by atoms with van der Waals surface area (Å²) in [6.07, 6.45) is 7.60. The van der Waals surface area contributed by atoms with Crippen LogP contribution in [0, 0.1) is 19.3 Å². The molecule has 3 heteroatoms. The van der Waals surface area contributed by atoms with E-state index in [-0.39, 0.29) is 5.66 Å². The van der Waals surface area contributed by atoms with Crippen LogP contribution in [-0.2, 0) is 0 Å². The van der Waals surface area contributed by atoms with Crippen LogP contribution in [0.5, 0.6) is 5.75 Å². The Labute approximate surface area is 137 Å². The summed E-state index contributed by atoms with van der Waals surface area (Å²) in [5.74, 6) is 3.51. The van der Waals surface area contributed by atoms with Crippen molar-refractivity contribution >= 4 is 0 Å². The fourth-order valence-corrected chi connectivity index (χ4v) is 2.49. The van der Waals surface area contributed by atoms with Gasteiger partial charge >= 0.3 is 0 Å². The standard InChI is InChI=1S/C20H20N2O/c1-3-4-13-20(21-22-20)14-15-23-19-11-9-18(10-12-19)17-7-5-16(2)6-8-17/h1,5-12H,4,13-15H2,2H3. The highest BCUT2D eigenvalue weighted by Crippen LogP contribution is 2.36. The summed E-state index contributed by atoms with van der Waals surface area (Å²) < 4.78 is 5.80. The van der Waals surface area contributed by atoms with Gasteiger partial charge in [-0.1, -0.05) is 42.0 Å². The van der Waals surface area contributed by atoms with E-state index in [2.05, 4.69) is 59.5 Å². The zero-order chi connectivity index (χ0) is 16.1. The van der Waals surface area contributed by atoms with Gasteiger partial charge in [-0.3, -0.25) is 0 Å². The van der Waals surface area contributed by atoms with E-state index in [1.807, 2.05) is 12.1 Å². The van der Waals surface area contributed by atoms with Gasteiger partial charge in [0.25, 0.3) is 0 Å². The molecule has 0 amide bonds. The molecule has 0 unspecified atom stereocenters. The van der Waals surface area contributed by atoms with E-state index in [1.165, 1.54) is 16.7 Å². The first-order valence-electron chi connectivity index (χ1n) is 7.88. The molecule has 116 valence electrons. The van der Waals surface area contributed by atoms with Crippen molar-refractivity contribution in [2.75, 3.05) is 6.61 Å². The van der Waals surface area contributed by atoms with Crippen molar-refractivity contribution in [2.24, 2.45) is 10.2 Å². The predicted octanol–water partition coefficient (Wildman–Crippen LogP) is 5.01. The second-order valence-corrected chi connectivity index (χ2v) is 5.88. The molecule has 0 aromatic heterocycles. The number of terminal acetylenes is 1. The molecule has 1 aliphatic heterocycles. The third kappa shape index (κ3) is 3.98.